The van der Waals surface area contributed by atoms with Crippen molar-refractivity contribution in [2.45, 2.75) is 32.9 Å². The molecule has 9 heteroatoms. The second kappa shape index (κ2) is 9.67. The minimum absolute atomic E-state index is 0. The maximum atomic E-state index is 13.8. The summed E-state index contributed by atoms with van der Waals surface area (Å²) in [5.41, 5.74) is 8.40. The fraction of sp³-hybridized carbons (Fsp3) is 0.294. The van der Waals surface area contributed by atoms with E-state index in [9.17, 15) is 4.39 Å². The Bertz CT molecular complexity index is 886. The summed E-state index contributed by atoms with van der Waals surface area (Å²) in [6.07, 6.45) is 0.775. The van der Waals surface area contributed by atoms with Crippen molar-refractivity contribution in [3.05, 3.63) is 51.4 Å². The molecule has 2 aromatic heterocycles. The average molecular weight is 438 g/mol. The highest BCUT2D eigenvalue weighted by molar-refractivity contribution is 7.19. The predicted molar refractivity (Wildman–Crippen MR) is 113 cm³/mol. The molecule has 3 N–H and O–H groups in total. The van der Waals surface area contributed by atoms with E-state index in [1.54, 1.807) is 29.5 Å². The van der Waals surface area contributed by atoms with Crippen LogP contribution in [0.3, 0.4) is 0 Å². The van der Waals surface area contributed by atoms with Crippen molar-refractivity contribution in [3.63, 3.8) is 0 Å². The number of fused-ring (bicyclic) bond motifs is 1. The van der Waals surface area contributed by atoms with Gasteiger partial charge in [0.2, 0.25) is 5.28 Å². The van der Waals surface area contributed by atoms with Gasteiger partial charge in [0.1, 0.15) is 11.6 Å². The Morgan fingerprint density at radius 2 is 1.96 bits per heavy atom. The number of aryl methyl sites for hydroxylation is 1. The lowest BCUT2D eigenvalue weighted by atomic mass is 10.1. The van der Waals surface area contributed by atoms with Gasteiger partial charge in [-0.3, -0.25) is 0 Å². The maximum absolute atomic E-state index is 13.8. The van der Waals surface area contributed by atoms with Crippen molar-refractivity contribution in [2.24, 2.45) is 5.73 Å². The molecule has 0 saturated carbocycles. The topological polar surface area (TPSA) is 63.8 Å². The van der Waals surface area contributed by atoms with Crippen molar-refractivity contribution in [3.8, 4) is 0 Å². The molecule has 142 valence electrons. The number of hydrogen-bond donors (Lipinski definition) is 2. The molecule has 0 amide bonds. The van der Waals surface area contributed by atoms with Crippen LogP contribution in [0.4, 0.5) is 10.2 Å². The summed E-state index contributed by atoms with van der Waals surface area (Å²) < 4.78 is 14.7. The van der Waals surface area contributed by atoms with Crippen LogP contribution in [0.2, 0.25) is 5.28 Å². The normalized spacial score (nSPS) is 11.6. The third-order valence-electron chi connectivity index (χ3n) is 3.75. The Kier molecular flexibility index (Phi) is 8.50. The number of aromatic nitrogens is 2. The summed E-state index contributed by atoms with van der Waals surface area (Å²) >= 11 is 7.67. The van der Waals surface area contributed by atoms with Crippen LogP contribution in [0.15, 0.2) is 24.3 Å². The van der Waals surface area contributed by atoms with Crippen LogP contribution in [0.1, 0.15) is 22.9 Å². The second-order valence-electron chi connectivity index (χ2n) is 5.80. The van der Waals surface area contributed by atoms with E-state index in [1.807, 2.05) is 13.8 Å². The largest absolute Gasteiger partial charge is 0.365 e. The van der Waals surface area contributed by atoms with E-state index in [0.29, 0.717) is 17.9 Å². The van der Waals surface area contributed by atoms with E-state index in [0.717, 1.165) is 22.2 Å². The van der Waals surface area contributed by atoms with Crippen LogP contribution >= 0.6 is 47.8 Å². The van der Waals surface area contributed by atoms with Gasteiger partial charge in [0.25, 0.3) is 0 Å². The van der Waals surface area contributed by atoms with Gasteiger partial charge >= 0.3 is 0 Å². The highest BCUT2D eigenvalue weighted by Crippen LogP contribution is 2.35. The van der Waals surface area contributed by atoms with Gasteiger partial charge in [0.15, 0.2) is 0 Å². The van der Waals surface area contributed by atoms with Crippen molar-refractivity contribution >= 4 is 63.8 Å². The van der Waals surface area contributed by atoms with E-state index in [-0.39, 0.29) is 42.0 Å². The molecule has 0 aliphatic carbocycles. The fourth-order valence-corrected chi connectivity index (χ4v) is 4.05. The van der Waals surface area contributed by atoms with E-state index in [1.165, 1.54) is 10.9 Å². The molecule has 26 heavy (non-hydrogen) atoms. The van der Waals surface area contributed by atoms with Gasteiger partial charge < -0.3 is 11.1 Å². The Labute approximate surface area is 173 Å². The van der Waals surface area contributed by atoms with Gasteiger partial charge in [-0.05, 0) is 43.5 Å². The van der Waals surface area contributed by atoms with Gasteiger partial charge in [-0.15, -0.1) is 36.2 Å². The Balaban J connectivity index is 0.00000169. The standard InChI is InChI=1S/C17H18ClFN4S.2ClH/c1-9(20)7-13-10(2)14-15(24-13)16(23-17(18)22-14)21-8-11-5-3-4-6-12(11)19;;/h3-6,9H,7-8,20H2,1-2H3,(H,21,22,23);2*1H/t9-;;/m0../s1. The highest BCUT2D eigenvalue weighted by Gasteiger charge is 2.16. The average Bonchev–Trinajstić information content (AvgIpc) is 2.82. The zero-order valence-corrected chi connectivity index (χ0v) is 17.5. The molecule has 0 aliphatic rings. The maximum Gasteiger partial charge on any atom is 0.224 e. The molecule has 0 bridgehead atoms. The minimum atomic E-state index is -0.249. The van der Waals surface area contributed by atoms with Crippen molar-refractivity contribution < 1.29 is 4.39 Å². The highest BCUT2D eigenvalue weighted by atomic mass is 35.5. The fourth-order valence-electron chi connectivity index (χ4n) is 2.53. The van der Waals surface area contributed by atoms with Gasteiger partial charge in [0.05, 0.1) is 10.2 Å². The Morgan fingerprint density at radius 1 is 1.27 bits per heavy atom. The van der Waals surface area contributed by atoms with Gasteiger partial charge in [-0.25, -0.2) is 9.37 Å². The van der Waals surface area contributed by atoms with Gasteiger partial charge in [-0.2, -0.15) is 4.98 Å². The first-order valence-corrected chi connectivity index (χ1v) is 8.83. The van der Waals surface area contributed by atoms with Gasteiger partial charge in [-0.1, -0.05) is 18.2 Å². The SMILES string of the molecule is Cc1c(C[C@H](C)N)sc2c(NCc3ccccc3F)nc(Cl)nc12.Cl.Cl. The molecule has 3 aromatic rings. The van der Waals surface area contributed by atoms with Crippen molar-refractivity contribution in [2.75, 3.05) is 5.32 Å². The van der Waals surface area contributed by atoms with Crippen LogP contribution < -0.4 is 11.1 Å². The smallest absolute Gasteiger partial charge is 0.224 e. The molecule has 0 radical (unpaired) electrons. The lowest BCUT2D eigenvalue weighted by Crippen LogP contribution is -2.17. The number of halogens is 4. The molecule has 0 spiro atoms. The number of hydrogen-bond acceptors (Lipinski definition) is 5. The molecule has 3 rings (SSSR count). The van der Waals surface area contributed by atoms with Crippen LogP contribution in [-0.2, 0) is 13.0 Å². The van der Waals surface area contributed by atoms with Crippen molar-refractivity contribution in [1.82, 2.24) is 9.97 Å². The molecule has 0 unspecified atom stereocenters. The summed E-state index contributed by atoms with van der Waals surface area (Å²) in [5.74, 6) is 0.374. The number of anilines is 1. The Hall–Kier alpha value is -1.18. The van der Waals surface area contributed by atoms with Crippen LogP contribution in [-0.4, -0.2) is 16.0 Å². The Morgan fingerprint density at radius 3 is 2.62 bits per heavy atom. The second-order valence-corrected chi connectivity index (χ2v) is 7.24. The predicted octanol–water partition coefficient (Wildman–Crippen LogP) is 5.14. The van der Waals surface area contributed by atoms with E-state index < -0.39 is 0 Å². The zero-order chi connectivity index (χ0) is 17.3. The van der Waals surface area contributed by atoms with Crippen molar-refractivity contribution in [1.29, 1.82) is 0 Å². The van der Waals surface area contributed by atoms with Crippen LogP contribution in [0.25, 0.3) is 10.2 Å². The van der Waals surface area contributed by atoms with Gasteiger partial charge in [0, 0.05) is 23.0 Å². The minimum Gasteiger partial charge on any atom is -0.365 e. The lowest BCUT2D eigenvalue weighted by molar-refractivity contribution is 0.613. The molecule has 2 heterocycles. The summed E-state index contributed by atoms with van der Waals surface area (Å²) in [6.45, 7) is 4.31. The number of benzene rings is 1. The number of nitrogens with zero attached hydrogens (tertiary/aromatic N) is 2. The number of thiophene rings is 1. The quantitative estimate of drug-likeness (QED) is 0.543. The third kappa shape index (κ3) is 4.96. The third-order valence-corrected chi connectivity index (χ3v) is 5.23. The van der Waals surface area contributed by atoms with Crippen LogP contribution in [0.5, 0.6) is 0 Å². The number of nitrogens with one attached hydrogen (secondary N) is 1. The molecule has 0 aliphatic heterocycles. The van der Waals surface area contributed by atoms with E-state index in [2.05, 4.69) is 15.3 Å². The first kappa shape index (κ1) is 22.9. The van der Waals surface area contributed by atoms with E-state index in [4.69, 9.17) is 17.3 Å². The monoisotopic (exact) mass is 436 g/mol. The number of nitrogens with two attached hydrogens (primary N) is 1. The first-order chi connectivity index (χ1) is 11.5. The zero-order valence-electron chi connectivity index (χ0n) is 14.3. The van der Waals surface area contributed by atoms with E-state index >= 15 is 0 Å². The summed E-state index contributed by atoms with van der Waals surface area (Å²) in [7, 11) is 0. The summed E-state index contributed by atoms with van der Waals surface area (Å²) in [5, 5.41) is 3.36. The van der Waals surface area contributed by atoms with Crippen LogP contribution in [0, 0.1) is 12.7 Å². The summed E-state index contributed by atoms with van der Waals surface area (Å²) in [6, 6.07) is 6.72. The molecule has 1 atom stereocenters. The molecular formula is C17H20Cl3FN4S. The molecule has 0 saturated heterocycles. The molecule has 0 fully saturated rings. The number of rotatable bonds is 5. The summed E-state index contributed by atoms with van der Waals surface area (Å²) in [4.78, 5) is 9.80. The first-order valence-electron chi connectivity index (χ1n) is 7.64. The molecule has 4 nitrogen and oxygen atoms in total. The molecular weight excluding hydrogens is 418 g/mol. The lowest BCUT2D eigenvalue weighted by Gasteiger charge is -2.08. The molecule has 1 aromatic carbocycles.